The molecule has 7 rings (SSSR count). The lowest BCUT2D eigenvalue weighted by atomic mass is 9.55. The predicted octanol–water partition coefficient (Wildman–Crippen LogP) is 4.27. The summed E-state index contributed by atoms with van der Waals surface area (Å²) in [5.41, 5.74) is 3.09. The number of halogens is 2. The number of amides is 1. The molecule has 0 spiro atoms. The van der Waals surface area contributed by atoms with E-state index in [1.54, 1.807) is 6.21 Å². The number of hydrogen-bond acceptors (Lipinski definition) is 3. The van der Waals surface area contributed by atoms with E-state index in [0.717, 1.165) is 44.7 Å². The zero-order chi connectivity index (χ0) is 21.1. The predicted molar refractivity (Wildman–Crippen MR) is 111 cm³/mol. The largest absolute Gasteiger partial charge is 0.273 e. The van der Waals surface area contributed by atoms with Gasteiger partial charge in [-0.15, -0.1) is 0 Å². The second-order valence-corrected chi connectivity index (χ2v) is 9.71. The van der Waals surface area contributed by atoms with Crippen LogP contribution < -0.4 is 0 Å². The first-order valence-corrected chi connectivity index (χ1v) is 11.4. The van der Waals surface area contributed by atoms with Gasteiger partial charge in [0.15, 0.2) is 0 Å². The Balaban J connectivity index is 1.19. The molecule has 4 aliphatic carbocycles. The van der Waals surface area contributed by atoms with Gasteiger partial charge in [-0.05, 0) is 79.5 Å². The zero-order valence-electron chi connectivity index (χ0n) is 17.4. The first-order valence-electron chi connectivity index (χ1n) is 11.4. The van der Waals surface area contributed by atoms with Crippen LogP contribution in [0.15, 0.2) is 29.5 Å². The number of benzene rings is 1. The van der Waals surface area contributed by atoms with E-state index < -0.39 is 17.7 Å². The number of aromatic nitrogens is 2. The van der Waals surface area contributed by atoms with Crippen molar-refractivity contribution in [3.05, 3.63) is 52.9 Å². The molecule has 3 fully saturated rings. The molecule has 2 heterocycles. The highest BCUT2D eigenvalue weighted by molar-refractivity contribution is 5.82. The molecule has 1 aliphatic heterocycles. The van der Waals surface area contributed by atoms with E-state index in [2.05, 4.69) is 16.0 Å². The van der Waals surface area contributed by atoms with Crippen LogP contribution in [-0.4, -0.2) is 26.9 Å². The van der Waals surface area contributed by atoms with Gasteiger partial charge in [0.2, 0.25) is 5.91 Å². The minimum Gasteiger partial charge on any atom is -0.273 e. The van der Waals surface area contributed by atoms with Gasteiger partial charge in [0, 0.05) is 37.4 Å². The second kappa shape index (κ2) is 7.24. The van der Waals surface area contributed by atoms with Crippen LogP contribution in [0.1, 0.15) is 55.0 Å². The number of hydrogen-bond donors (Lipinski definition) is 0. The van der Waals surface area contributed by atoms with E-state index in [4.69, 9.17) is 5.10 Å². The molecule has 1 aromatic heterocycles. The molecular formula is C24H26F2N4O. The van der Waals surface area contributed by atoms with E-state index in [1.165, 1.54) is 34.8 Å². The highest BCUT2D eigenvalue weighted by Crippen LogP contribution is 2.53. The summed E-state index contributed by atoms with van der Waals surface area (Å²) in [7, 11) is 0. The van der Waals surface area contributed by atoms with Gasteiger partial charge in [0.05, 0.1) is 11.7 Å². The van der Waals surface area contributed by atoms with Crippen LogP contribution in [0.3, 0.4) is 0 Å². The molecule has 5 aliphatic rings. The SMILES string of the molecule is O=C([C@H]1C[C@@H](Cn2cc3c(n2)CCC3)C2CC1C2)N1N=CCC1c1cc(F)cc(F)c1. The van der Waals surface area contributed by atoms with E-state index >= 15 is 0 Å². The number of rotatable bonds is 4. The molecule has 0 radical (unpaired) electrons. The van der Waals surface area contributed by atoms with Gasteiger partial charge in [0.25, 0.3) is 0 Å². The Labute approximate surface area is 180 Å². The van der Waals surface area contributed by atoms with Crippen LogP contribution in [0, 0.1) is 35.3 Å². The minimum atomic E-state index is -0.625. The maximum Gasteiger partial charge on any atom is 0.246 e. The molecule has 0 N–H and O–H groups in total. The molecule has 1 amide bonds. The van der Waals surface area contributed by atoms with E-state index in [9.17, 15) is 13.6 Å². The standard InChI is InChI=1S/C24H26F2N4O/c25-19-8-17(9-20(26)11-19)23-4-5-27-30(23)24(31)21-10-18(15-6-16(21)7-15)13-29-12-14-2-1-3-22(14)28-29/h5,8-9,11-12,15-16,18,21,23H,1-4,6-7,10,13H2/t15?,16?,18-,21-,23?/m0/s1. The van der Waals surface area contributed by atoms with Crippen molar-refractivity contribution in [3.8, 4) is 0 Å². The van der Waals surface area contributed by atoms with Crippen molar-refractivity contribution < 1.29 is 13.6 Å². The molecule has 31 heavy (non-hydrogen) atoms. The van der Waals surface area contributed by atoms with Crippen LogP contribution in [0.25, 0.3) is 0 Å². The van der Waals surface area contributed by atoms with Gasteiger partial charge in [0.1, 0.15) is 11.6 Å². The van der Waals surface area contributed by atoms with Crippen LogP contribution in [0.4, 0.5) is 8.78 Å². The highest BCUT2D eigenvalue weighted by Gasteiger charge is 2.50. The Morgan fingerprint density at radius 2 is 1.87 bits per heavy atom. The average molecular weight is 424 g/mol. The molecule has 0 saturated heterocycles. The van der Waals surface area contributed by atoms with Gasteiger partial charge in [-0.3, -0.25) is 9.48 Å². The van der Waals surface area contributed by atoms with Gasteiger partial charge in [-0.2, -0.15) is 10.2 Å². The Bertz CT molecular complexity index is 1020. The summed E-state index contributed by atoms with van der Waals surface area (Å²) in [5.74, 6) is 0.184. The summed E-state index contributed by atoms with van der Waals surface area (Å²) in [6, 6.07) is 3.05. The molecule has 7 heteroatoms. The van der Waals surface area contributed by atoms with Crippen molar-refractivity contribution in [2.75, 3.05) is 0 Å². The molecule has 2 aromatic rings. The molecule has 3 saturated carbocycles. The summed E-state index contributed by atoms with van der Waals surface area (Å²) in [6.45, 7) is 0.871. The number of nitrogens with zero attached hydrogens (tertiary/aromatic N) is 4. The maximum absolute atomic E-state index is 13.8. The van der Waals surface area contributed by atoms with Crippen LogP contribution >= 0.6 is 0 Å². The summed E-state index contributed by atoms with van der Waals surface area (Å²) in [5, 5.41) is 10.6. The van der Waals surface area contributed by atoms with Crippen molar-refractivity contribution in [1.82, 2.24) is 14.8 Å². The first-order chi connectivity index (χ1) is 15.0. The lowest BCUT2D eigenvalue weighted by Crippen LogP contribution is -2.49. The van der Waals surface area contributed by atoms with Crippen molar-refractivity contribution in [2.45, 2.75) is 57.5 Å². The number of carbonyl (C=O) groups excluding carboxylic acids is 1. The quantitative estimate of drug-likeness (QED) is 0.736. The van der Waals surface area contributed by atoms with E-state index in [1.807, 2.05) is 0 Å². The lowest BCUT2D eigenvalue weighted by Gasteiger charge is -2.51. The third-order valence-corrected chi connectivity index (χ3v) is 7.85. The zero-order valence-corrected chi connectivity index (χ0v) is 17.4. The average Bonchev–Trinajstić information content (AvgIpc) is 3.41. The normalized spacial score (nSPS) is 31.0. The summed E-state index contributed by atoms with van der Waals surface area (Å²) in [6.07, 6.45) is 10.8. The van der Waals surface area contributed by atoms with Crippen molar-refractivity contribution >= 4 is 12.1 Å². The second-order valence-electron chi connectivity index (χ2n) is 9.71. The van der Waals surface area contributed by atoms with Gasteiger partial charge in [-0.25, -0.2) is 13.8 Å². The van der Waals surface area contributed by atoms with Gasteiger partial charge >= 0.3 is 0 Å². The van der Waals surface area contributed by atoms with Crippen LogP contribution in [0.5, 0.6) is 0 Å². The minimum absolute atomic E-state index is 0.000436. The maximum atomic E-state index is 13.8. The Hall–Kier alpha value is -2.57. The van der Waals surface area contributed by atoms with Gasteiger partial charge < -0.3 is 0 Å². The Kier molecular flexibility index (Phi) is 4.47. The molecule has 1 aromatic carbocycles. The topological polar surface area (TPSA) is 50.5 Å². The van der Waals surface area contributed by atoms with E-state index in [0.29, 0.717) is 29.7 Å². The van der Waals surface area contributed by atoms with Crippen LogP contribution in [-0.2, 0) is 24.2 Å². The fraction of sp³-hybridized carbons (Fsp3) is 0.542. The summed E-state index contributed by atoms with van der Waals surface area (Å²) >= 11 is 0. The van der Waals surface area contributed by atoms with E-state index in [-0.39, 0.29) is 11.8 Å². The first kappa shape index (κ1) is 19.1. The number of carbonyl (C=O) groups is 1. The van der Waals surface area contributed by atoms with Crippen LogP contribution in [0.2, 0.25) is 0 Å². The number of fused-ring (bicyclic) bond motifs is 3. The molecule has 162 valence electrons. The molecule has 3 atom stereocenters. The Morgan fingerprint density at radius 3 is 2.65 bits per heavy atom. The van der Waals surface area contributed by atoms with Gasteiger partial charge in [-0.1, -0.05) is 0 Å². The highest BCUT2D eigenvalue weighted by atomic mass is 19.1. The van der Waals surface area contributed by atoms with Crippen molar-refractivity contribution in [3.63, 3.8) is 0 Å². The molecule has 2 bridgehead atoms. The summed E-state index contributed by atoms with van der Waals surface area (Å²) in [4.78, 5) is 13.5. The monoisotopic (exact) mass is 424 g/mol. The summed E-state index contributed by atoms with van der Waals surface area (Å²) < 4.78 is 29.6. The number of aryl methyl sites for hydroxylation is 2. The third-order valence-electron chi connectivity index (χ3n) is 7.85. The third kappa shape index (κ3) is 3.29. The molecule has 1 unspecified atom stereocenters. The Morgan fingerprint density at radius 1 is 1.06 bits per heavy atom. The van der Waals surface area contributed by atoms with Crippen molar-refractivity contribution in [2.24, 2.45) is 28.8 Å². The van der Waals surface area contributed by atoms with Crippen molar-refractivity contribution in [1.29, 1.82) is 0 Å². The fourth-order valence-corrected chi connectivity index (χ4v) is 6.20. The lowest BCUT2D eigenvalue weighted by molar-refractivity contribution is -0.147. The number of hydrazone groups is 1. The fourth-order valence-electron chi connectivity index (χ4n) is 6.20. The molecule has 5 nitrogen and oxygen atoms in total. The smallest absolute Gasteiger partial charge is 0.246 e. The molecular weight excluding hydrogens is 398 g/mol.